The second-order valence-corrected chi connectivity index (χ2v) is 8.97. The molecule has 4 rings (SSSR count). The van der Waals surface area contributed by atoms with Gasteiger partial charge in [-0.3, -0.25) is 4.79 Å². The van der Waals surface area contributed by atoms with Gasteiger partial charge >= 0.3 is 0 Å². The van der Waals surface area contributed by atoms with E-state index in [1.165, 1.54) is 0 Å². The number of amides is 1. The van der Waals surface area contributed by atoms with Crippen molar-refractivity contribution in [3.63, 3.8) is 0 Å². The largest absolute Gasteiger partial charge is 0.380 e. The average Bonchev–Trinajstić information content (AvgIpc) is 3.36. The lowest BCUT2D eigenvalue weighted by molar-refractivity contribution is 0.0788. The van der Waals surface area contributed by atoms with Gasteiger partial charge in [-0.1, -0.05) is 30.3 Å². The number of carbonyl (C=O) groups excluding carboxylic acids is 1. The van der Waals surface area contributed by atoms with Crippen LogP contribution in [0.5, 0.6) is 0 Å². The van der Waals surface area contributed by atoms with Crippen molar-refractivity contribution >= 4 is 34.7 Å². The van der Waals surface area contributed by atoms with Crippen LogP contribution in [0.4, 0.5) is 5.69 Å². The highest BCUT2D eigenvalue weighted by Gasteiger charge is 2.28. The first-order chi connectivity index (χ1) is 13.7. The van der Waals surface area contributed by atoms with E-state index >= 15 is 0 Å². The number of aromatic nitrogens is 1. The highest BCUT2D eigenvalue weighted by atomic mass is 32.2. The number of thioether (sulfide) groups is 1. The molecule has 1 amide bonds. The Morgan fingerprint density at radius 3 is 2.79 bits per heavy atom. The van der Waals surface area contributed by atoms with Gasteiger partial charge in [-0.2, -0.15) is 0 Å². The molecule has 3 aromatic rings. The standard InChI is InChI=1S/C22H23N3OS2/c1-16-23-19(14-27-16)15-28-21-10-6-5-9-20(21)22(26)25-12-11-18(13-25)24-17-7-3-2-4-8-17/h2-10,14,18,24H,11-13,15H2,1H3. The molecule has 0 bridgehead atoms. The molecule has 1 aromatic heterocycles. The summed E-state index contributed by atoms with van der Waals surface area (Å²) in [5.74, 6) is 0.905. The number of rotatable bonds is 6. The van der Waals surface area contributed by atoms with E-state index in [-0.39, 0.29) is 5.91 Å². The van der Waals surface area contributed by atoms with Crippen molar-refractivity contribution in [2.24, 2.45) is 0 Å². The molecule has 0 radical (unpaired) electrons. The molecule has 1 N–H and O–H groups in total. The monoisotopic (exact) mass is 409 g/mol. The quantitative estimate of drug-likeness (QED) is 0.577. The Hall–Kier alpha value is -2.31. The first kappa shape index (κ1) is 19.0. The van der Waals surface area contributed by atoms with E-state index in [0.717, 1.165) is 52.1 Å². The van der Waals surface area contributed by atoms with Crippen molar-refractivity contribution < 1.29 is 4.79 Å². The predicted molar refractivity (Wildman–Crippen MR) is 117 cm³/mol. The molecule has 1 aliphatic heterocycles. The summed E-state index contributed by atoms with van der Waals surface area (Å²) in [5, 5.41) is 6.70. The Labute approximate surface area is 174 Å². The molecule has 1 unspecified atom stereocenters. The van der Waals surface area contributed by atoms with Gasteiger partial charge < -0.3 is 10.2 Å². The number of hydrogen-bond donors (Lipinski definition) is 1. The Kier molecular flexibility index (Phi) is 5.98. The van der Waals surface area contributed by atoms with E-state index in [0.29, 0.717) is 6.04 Å². The van der Waals surface area contributed by atoms with Gasteiger partial charge in [0.2, 0.25) is 0 Å². The van der Waals surface area contributed by atoms with Crippen molar-refractivity contribution in [2.45, 2.75) is 30.0 Å². The van der Waals surface area contributed by atoms with E-state index < -0.39 is 0 Å². The third-order valence-corrected chi connectivity index (χ3v) is 6.71. The summed E-state index contributed by atoms with van der Waals surface area (Å²) in [4.78, 5) is 20.7. The second kappa shape index (κ2) is 8.80. The molecule has 1 saturated heterocycles. The zero-order valence-corrected chi connectivity index (χ0v) is 17.4. The van der Waals surface area contributed by atoms with Crippen molar-refractivity contribution in [3.05, 3.63) is 76.2 Å². The summed E-state index contributed by atoms with van der Waals surface area (Å²) in [7, 11) is 0. The molecular weight excluding hydrogens is 386 g/mol. The van der Waals surface area contributed by atoms with Crippen LogP contribution in [0.3, 0.4) is 0 Å². The lowest BCUT2D eigenvalue weighted by Gasteiger charge is -2.19. The predicted octanol–water partition coefficient (Wildman–Crippen LogP) is 5.07. The number of thiazole rings is 1. The van der Waals surface area contributed by atoms with Crippen LogP contribution in [0.25, 0.3) is 0 Å². The Morgan fingerprint density at radius 1 is 1.21 bits per heavy atom. The fourth-order valence-corrected chi connectivity index (χ4v) is 5.05. The molecule has 0 spiro atoms. The van der Waals surface area contributed by atoms with Crippen LogP contribution in [-0.4, -0.2) is 34.9 Å². The Bertz CT molecular complexity index is 942. The van der Waals surface area contributed by atoms with Gasteiger partial charge in [0, 0.05) is 40.8 Å². The fourth-order valence-electron chi connectivity index (χ4n) is 3.40. The third-order valence-electron chi connectivity index (χ3n) is 4.78. The smallest absolute Gasteiger partial charge is 0.255 e. The van der Waals surface area contributed by atoms with Crippen molar-refractivity contribution in [2.75, 3.05) is 18.4 Å². The zero-order chi connectivity index (χ0) is 19.3. The van der Waals surface area contributed by atoms with Gasteiger partial charge in [-0.05, 0) is 37.6 Å². The summed E-state index contributed by atoms with van der Waals surface area (Å²) >= 11 is 3.35. The van der Waals surface area contributed by atoms with Crippen LogP contribution in [0.1, 0.15) is 27.5 Å². The van der Waals surface area contributed by atoms with E-state index in [4.69, 9.17) is 0 Å². The highest BCUT2D eigenvalue weighted by Crippen LogP contribution is 2.28. The Balaban J connectivity index is 1.40. The molecular formula is C22H23N3OS2. The number of hydrogen-bond acceptors (Lipinski definition) is 5. The fraction of sp³-hybridized carbons (Fsp3) is 0.273. The molecule has 144 valence electrons. The maximum Gasteiger partial charge on any atom is 0.255 e. The average molecular weight is 410 g/mol. The van der Waals surface area contributed by atoms with Crippen LogP contribution in [0.2, 0.25) is 0 Å². The summed E-state index contributed by atoms with van der Waals surface area (Å²) in [6.45, 7) is 3.54. The highest BCUT2D eigenvalue weighted by molar-refractivity contribution is 7.98. The van der Waals surface area contributed by atoms with Gasteiger partial charge in [0.05, 0.1) is 16.3 Å². The number of para-hydroxylation sites is 1. The van der Waals surface area contributed by atoms with Crippen molar-refractivity contribution in [1.29, 1.82) is 0 Å². The SMILES string of the molecule is Cc1nc(CSc2ccccc2C(=O)N2CCC(Nc3ccccc3)C2)cs1. The number of carbonyl (C=O) groups is 1. The lowest BCUT2D eigenvalue weighted by Crippen LogP contribution is -2.31. The molecule has 1 aliphatic rings. The first-order valence-electron chi connectivity index (χ1n) is 9.43. The van der Waals surface area contributed by atoms with Crippen LogP contribution < -0.4 is 5.32 Å². The number of anilines is 1. The molecule has 0 saturated carbocycles. The summed E-state index contributed by atoms with van der Waals surface area (Å²) in [5.41, 5.74) is 2.97. The lowest BCUT2D eigenvalue weighted by atomic mass is 10.2. The molecule has 2 heterocycles. The summed E-state index contributed by atoms with van der Waals surface area (Å²) in [6.07, 6.45) is 0.966. The van der Waals surface area contributed by atoms with Crippen LogP contribution in [0, 0.1) is 6.92 Å². The van der Waals surface area contributed by atoms with Gasteiger partial charge in [0.1, 0.15) is 0 Å². The van der Waals surface area contributed by atoms with Gasteiger partial charge in [-0.25, -0.2) is 4.98 Å². The second-order valence-electron chi connectivity index (χ2n) is 6.89. The molecule has 6 heteroatoms. The van der Waals surface area contributed by atoms with Crippen LogP contribution in [-0.2, 0) is 5.75 Å². The first-order valence-corrected chi connectivity index (χ1v) is 11.3. The maximum atomic E-state index is 13.2. The number of aryl methyl sites for hydroxylation is 1. The number of nitrogens with zero attached hydrogens (tertiary/aromatic N) is 2. The van der Waals surface area contributed by atoms with Gasteiger partial charge in [0.25, 0.3) is 5.91 Å². The van der Waals surface area contributed by atoms with E-state index in [9.17, 15) is 4.79 Å². The molecule has 0 aliphatic carbocycles. The summed E-state index contributed by atoms with van der Waals surface area (Å²) < 4.78 is 0. The number of benzene rings is 2. The Morgan fingerprint density at radius 2 is 2.00 bits per heavy atom. The van der Waals surface area contributed by atoms with Gasteiger partial charge in [-0.15, -0.1) is 23.1 Å². The van der Waals surface area contributed by atoms with Crippen LogP contribution >= 0.6 is 23.1 Å². The van der Waals surface area contributed by atoms with Crippen molar-refractivity contribution in [3.8, 4) is 0 Å². The minimum Gasteiger partial charge on any atom is -0.380 e. The van der Waals surface area contributed by atoms with Gasteiger partial charge in [0.15, 0.2) is 0 Å². The van der Waals surface area contributed by atoms with E-state index in [2.05, 4.69) is 27.8 Å². The third kappa shape index (κ3) is 4.56. The van der Waals surface area contributed by atoms with Crippen molar-refractivity contribution in [1.82, 2.24) is 9.88 Å². The molecule has 4 nitrogen and oxygen atoms in total. The number of likely N-dealkylation sites (tertiary alicyclic amines) is 1. The molecule has 2 aromatic carbocycles. The molecule has 28 heavy (non-hydrogen) atoms. The minimum absolute atomic E-state index is 0.120. The van der Waals surface area contributed by atoms with Crippen LogP contribution in [0.15, 0.2) is 64.9 Å². The topological polar surface area (TPSA) is 45.2 Å². The van der Waals surface area contributed by atoms with E-state index in [1.807, 2.05) is 54.3 Å². The van der Waals surface area contributed by atoms with E-state index in [1.54, 1.807) is 23.1 Å². The molecule has 1 fully saturated rings. The normalized spacial score (nSPS) is 16.3. The molecule has 1 atom stereocenters. The maximum absolute atomic E-state index is 13.2. The zero-order valence-electron chi connectivity index (χ0n) is 15.8. The number of nitrogens with one attached hydrogen (secondary N) is 1. The summed E-state index contributed by atoms with van der Waals surface area (Å²) in [6, 6.07) is 18.4. The minimum atomic E-state index is 0.120.